The third kappa shape index (κ3) is 7.83. The molecule has 1 aromatic carbocycles. The fourth-order valence-corrected chi connectivity index (χ4v) is 2.81. The van der Waals surface area contributed by atoms with E-state index in [4.69, 9.17) is 23.2 Å². The van der Waals surface area contributed by atoms with Gasteiger partial charge in [0.1, 0.15) is 0 Å². The zero-order valence-electron chi connectivity index (χ0n) is 14.4. The van der Waals surface area contributed by atoms with Crippen molar-refractivity contribution in [2.45, 2.75) is 26.3 Å². The SMILES string of the molecule is CN=C(NCCCc1ccc(Cl)cc1Cl)NCCn1cc(C)cn1.I. The molecule has 0 atom stereocenters. The number of hydrogen-bond donors (Lipinski definition) is 2. The molecular weight excluding hydrogens is 472 g/mol. The number of guanidine groups is 1. The summed E-state index contributed by atoms with van der Waals surface area (Å²) in [5.41, 5.74) is 2.28. The van der Waals surface area contributed by atoms with Crippen LogP contribution in [-0.4, -0.2) is 35.9 Å². The fraction of sp³-hybridized carbons (Fsp3) is 0.412. The van der Waals surface area contributed by atoms with Crippen LogP contribution in [0.25, 0.3) is 0 Å². The van der Waals surface area contributed by atoms with Crippen LogP contribution in [0.5, 0.6) is 0 Å². The van der Waals surface area contributed by atoms with Gasteiger partial charge in [-0.3, -0.25) is 9.67 Å². The molecule has 0 aliphatic rings. The van der Waals surface area contributed by atoms with Crippen LogP contribution in [-0.2, 0) is 13.0 Å². The van der Waals surface area contributed by atoms with Gasteiger partial charge in [-0.25, -0.2) is 0 Å². The summed E-state index contributed by atoms with van der Waals surface area (Å²) in [5.74, 6) is 0.793. The van der Waals surface area contributed by atoms with Crippen molar-refractivity contribution in [2.24, 2.45) is 4.99 Å². The number of rotatable bonds is 7. The normalized spacial score (nSPS) is 11.1. The minimum absolute atomic E-state index is 0. The number of halogens is 3. The molecule has 0 aliphatic heterocycles. The second kappa shape index (κ2) is 11.6. The Balaban J connectivity index is 0.00000312. The highest BCUT2D eigenvalue weighted by Crippen LogP contribution is 2.21. The van der Waals surface area contributed by atoms with Gasteiger partial charge >= 0.3 is 0 Å². The predicted octanol–water partition coefficient (Wildman–Crippen LogP) is 3.91. The maximum Gasteiger partial charge on any atom is 0.191 e. The average Bonchev–Trinajstić information content (AvgIpc) is 2.96. The van der Waals surface area contributed by atoms with Gasteiger partial charge in [0.05, 0.1) is 12.7 Å². The van der Waals surface area contributed by atoms with Crippen molar-refractivity contribution in [3.05, 3.63) is 51.8 Å². The van der Waals surface area contributed by atoms with Gasteiger partial charge in [-0.2, -0.15) is 5.10 Å². The Kier molecular flexibility index (Phi) is 10.2. The van der Waals surface area contributed by atoms with Crippen molar-refractivity contribution < 1.29 is 0 Å². The molecule has 25 heavy (non-hydrogen) atoms. The Bertz CT molecular complexity index is 687. The summed E-state index contributed by atoms with van der Waals surface area (Å²) < 4.78 is 1.91. The summed E-state index contributed by atoms with van der Waals surface area (Å²) in [6.07, 6.45) is 5.73. The molecule has 0 bridgehead atoms. The van der Waals surface area contributed by atoms with Crippen molar-refractivity contribution in [3.63, 3.8) is 0 Å². The van der Waals surface area contributed by atoms with E-state index in [-0.39, 0.29) is 24.0 Å². The van der Waals surface area contributed by atoms with E-state index in [9.17, 15) is 0 Å². The molecule has 5 nitrogen and oxygen atoms in total. The highest BCUT2D eigenvalue weighted by atomic mass is 127. The molecule has 2 rings (SSSR count). The van der Waals surface area contributed by atoms with Crippen LogP contribution in [0.4, 0.5) is 0 Å². The third-order valence-corrected chi connectivity index (χ3v) is 4.14. The predicted molar refractivity (Wildman–Crippen MR) is 117 cm³/mol. The fourth-order valence-electron chi connectivity index (χ4n) is 2.31. The summed E-state index contributed by atoms with van der Waals surface area (Å²) >= 11 is 12.1. The van der Waals surface area contributed by atoms with Crippen LogP contribution in [0.2, 0.25) is 10.0 Å². The Morgan fingerprint density at radius 2 is 2.00 bits per heavy atom. The molecule has 0 saturated heterocycles. The summed E-state index contributed by atoms with van der Waals surface area (Å²) in [6, 6.07) is 5.63. The molecular formula is C17H24Cl2IN5. The smallest absolute Gasteiger partial charge is 0.191 e. The van der Waals surface area contributed by atoms with E-state index >= 15 is 0 Å². The van der Waals surface area contributed by atoms with Crippen molar-refractivity contribution in [1.82, 2.24) is 20.4 Å². The first-order valence-electron chi connectivity index (χ1n) is 7.96. The lowest BCUT2D eigenvalue weighted by molar-refractivity contribution is 0.596. The van der Waals surface area contributed by atoms with Gasteiger partial charge in [0, 0.05) is 36.4 Å². The van der Waals surface area contributed by atoms with Crippen molar-refractivity contribution >= 4 is 53.1 Å². The summed E-state index contributed by atoms with van der Waals surface area (Å²) in [5, 5.41) is 12.2. The molecule has 0 saturated carbocycles. The Labute approximate surface area is 176 Å². The van der Waals surface area contributed by atoms with E-state index in [1.54, 1.807) is 13.1 Å². The molecule has 1 heterocycles. The quantitative estimate of drug-likeness (QED) is 0.265. The van der Waals surface area contributed by atoms with Crippen LogP contribution in [0, 0.1) is 6.92 Å². The molecule has 2 aromatic rings. The number of aryl methyl sites for hydroxylation is 2. The van der Waals surface area contributed by atoms with E-state index in [1.807, 2.05) is 36.1 Å². The maximum atomic E-state index is 6.18. The first-order chi connectivity index (χ1) is 11.6. The minimum atomic E-state index is 0. The number of nitrogens with one attached hydrogen (secondary N) is 2. The zero-order valence-corrected chi connectivity index (χ0v) is 18.3. The van der Waals surface area contributed by atoms with Gasteiger partial charge in [-0.15, -0.1) is 24.0 Å². The molecule has 0 radical (unpaired) electrons. The van der Waals surface area contributed by atoms with Gasteiger partial charge in [-0.1, -0.05) is 29.3 Å². The van der Waals surface area contributed by atoms with E-state index in [1.165, 1.54) is 5.56 Å². The molecule has 0 fully saturated rings. The lowest BCUT2D eigenvalue weighted by Crippen LogP contribution is -2.39. The molecule has 1 aromatic heterocycles. The molecule has 0 spiro atoms. The highest BCUT2D eigenvalue weighted by Gasteiger charge is 2.02. The van der Waals surface area contributed by atoms with E-state index < -0.39 is 0 Å². The molecule has 0 unspecified atom stereocenters. The van der Waals surface area contributed by atoms with Crippen molar-refractivity contribution in [2.75, 3.05) is 20.1 Å². The first-order valence-corrected chi connectivity index (χ1v) is 8.71. The summed E-state index contributed by atoms with van der Waals surface area (Å²) in [4.78, 5) is 4.22. The maximum absolute atomic E-state index is 6.18. The molecule has 138 valence electrons. The van der Waals surface area contributed by atoms with Crippen LogP contribution in [0.1, 0.15) is 17.5 Å². The highest BCUT2D eigenvalue weighted by molar-refractivity contribution is 14.0. The Morgan fingerprint density at radius 3 is 2.64 bits per heavy atom. The second-order valence-corrected chi connectivity index (χ2v) is 6.39. The van der Waals surface area contributed by atoms with Gasteiger partial charge in [0.2, 0.25) is 0 Å². The number of benzene rings is 1. The molecule has 8 heteroatoms. The van der Waals surface area contributed by atoms with Crippen LogP contribution in [0.15, 0.2) is 35.6 Å². The summed E-state index contributed by atoms with van der Waals surface area (Å²) in [6.45, 7) is 4.42. The first kappa shape index (κ1) is 22.1. The number of aliphatic imine (C=N–C) groups is 1. The standard InChI is InChI=1S/C17H23Cl2N5.HI/c1-13-11-23-24(12-13)9-8-22-17(20-2)21-7-3-4-14-5-6-15(18)10-16(14)19;/h5-6,10-12H,3-4,7-9H2,1-2H3,(H2,20,21,22);1H. The van der Waals surface area contributed by atoms with Gasteiger partial charge in [0.25, 0.3) is 0 Å². The third-order valence-electron chi connectivity index (χ3n) is 3.55. The lowest BCUT2D eigenvalue weighted by atomic mass is 10.1. The lowest BCUT2D eigenvalue weighted by Gasteiger charge is -2.12. The minimum Gasteiger partial charge on any atom is -0.356 e. The molecule has 2 N–H and O–H groups in total. The zero-order chi connectivity index (χ0) is 17.4. The number of hydrogen-bond acceptors (Lipinski definition) is 2. The van der Waals surface area contributed by atoms with Crippen molar-refractivity contribution in [1.29, 1.82) is 0 Å². The number of aromatic nitrogens is 2. The van der Waals surface area contributed by atoms with Crippen molar-refractivity contribution in [3.8, 4) is 0 Å². The topological polar surface area (TPSA) is 54.2 Å². The van der Waals surface area contributed by atoms with E-state index in [2.05, 4.69) is 20.7 Å². The molecule has 0 aliphatic carbocycles. The summed E-state index contributed by atoms with van der Waals surface area (Å²) in [7, 11) is 1.77. The monoisotopic (exact) mass is 495 g/mol. The van der Waals surface area contributed by atoms with Crippen LogP contribution < -0.4 is 10.6 Å². The Morgan fingerprint density at radius 1 is 1.24 bits per heavy atom. The number of nitrogens with zero attached hydrogens (tertiary/aromatic N) is 3. The van der Waals surface area contributed by atoms with Crippen LogP contribution in [0.3, 0.4) is 0 Å². The van der Waals surface area contributed by atoms with Gasteiger partial charge < -0.3 is 10.6 Å². The van der Waals surface area contributed by atoms with E-state index in [0.29, 0.717) is 5.02 Å². The van der Waals surface area contributed by atoms with Gasteiger partial charge in [-0.05, 0) is 43.0 Å². The average molecular weight is 496 g/mol. The Hall–Kier alpha value is -0.990. The largest absolute Gasteiger partial charge is 0.356 e. The van der Waals surface area contributed by atoms with E-state index in [0.717, 1.165) is 49.0 Å². The second-order valence-electron chi connectivity index (χ2n) is 5.55. The van der Waals surface area contributed by atoms with Gasteiger partial charge in [0.15, 0.2) is 5.96 Å². The van der Waals surface area contributed by atoms with Crippen LogP contribution >= 0.6 is 47.2 Å². The molecule has 0 amide bonds.